The average Bonchev–Trinajstić information content (AvgIpc) is 3.25. The summed E-state index contributed by atoms with van der Waals surface area (Å²) >= 11 is 0. The lowest BCUT2D eigenvalue weighted by Crippen LogP contribution is -2.47. The Bertz CT molecular complexity index is 1480. The summed E-state index contributed by atoms with van der Waals surface area (Å²) in [5, 5.41) is 0. The van der Waals surface area contributed by atoms with E-state index >= 15 is 0 Å². The van der Waals surface area contributed by atoms with Crippen LogP contribution in [0.3, 0.4) is 0 Å². The number of halogens is 1. The van der Waals surface area contributed by atoms with Crippen molar-refractivity contribution >= 4 is 23.2 Å². The fourth-order valence-electron chi connectivity index (χ4n) is 4.47. The Hall–Kier alpha value is -3.98. The lowest BCUT2D eigenvalue weighted by molar-refractivity contribution is 0.245. The summed E-state index contributed by atoms with van der Waals surface area (Å²) in [7, 11) is 1.61. The van der Waals surface area contributed by atoms with Crippen molar-refractivity contribution in [2.24, 2.45) is 7.05 Å². The van der Waals surface area contributed by atoms with Gasteiger partial charge >= 0.3 is 5.69 Å². The number of rotatable bonds is 6. The molecule has 9 heteroatoms. The Kier molecular flexibility index (Phi) is 6.33. The second kappa shape index (κ2) is 9.71. The third-order valence-electron chi connectivity index (χ3n) is 6.39. The van der Waals surface area contributed by atoms with Crippen LogP contribution in [0.4, 0.5) is 10.3 Å². The molecule has 1 aliphatic rings. The summed E-state index contributed by atoms with van der Waals surface area (Å²) in [6.07, 6.45) is 3.98. The van der Waals surface area contributed by atoms with Crippen LogP contribution >= 0.6 is 0 Å². The number of aromatic amines is 1. The van der Waals surface area contributed by atoms with Crippen molar-refractivity contribution in [3.63, 3.8) is 0 Å². The van der Waals surface area contributed by atoms with Crippen LogP contribution in [0.2, 0.25) is 0 Å². The van der Waals surface area contributed by atoms with Crippen molar-refractivity contribution in [3.8, 4) is 0 Å². The molecule has 8 nitrogen and oxygen atoms in total. The molecule has 2 aromatic heterocycles. The first-order chi connectivity index (χ1) is 17.0. The number of hydrogen-bond donors (Lipinski definition) is 1. The molecule has 1 N–H and O–H groups in total. The first-order valence-corrected chi connectivity index (χ1v) is 11.6. The molecule has 0 unspecified atom stereocenters. The number of aromatic nitrogens is 4. The molecule has 3 heterocycles. The number of aryl methyl sites for hydroxylation is 1. The van der Waals surface area contributed by atoms with E-state index in [9.17, 15) is 14.0 Å². The third kappa shape index (κ3) is 4.67. The topological polar surface area (TPSA) is 79.2 Å². The van der Waals surface area contributed by atoms with Crippen LogP contribution in [0.25, 0.3) is 17.2 Å². The highest BCUT2D eigenvalue weighted by molar-refractivity contribution is 5.74. The van der Waals surface area contributed by atoms with E-state index in [1.807, 2.05) is 59.2 Å². The Morgan fingerprint density at radius 1 is 1.00 bits per heavy atom. The molecule has 0 atom stereocenters. The molecule has 2 aromatic carbocycles. The maximum Gasteiger partial charge on any atom is 0.329 e. The minimum Gasteiger partial charge on any atom is -0.340 e. The van der Waals surface area contributed by atoms with Crippen LogP contribution in [0.15, 0.2) is 70.3 Å². The summed E-state index contributed by atoms with van der Waals surface area (Å²) in [5.41, 5.74) is 1.52. The molecule has 0 radical (unpaired) electrons. The van der Waals surface area contributed by atoms with Gasteiger partial charge in [-0.25, -0.2) is 9.18 Å². The summed E-state index contributed by atoms with van der Waals surface area (Å²) in [5.74, 6) is 0.456. The molecule has 5 rings (SSSR count). The van der Waals surface area contributed by atoms with Gasteiger partial charge in [0.25, 0.3) is 5.56 Å². The Morgan fingerprint density at radius 3 is 2.46 bits per heavy atom. The van der Waals surface area contributed by atoms with Crippen molar-refractivity contribution < 1.29 is 4.39 Å². The minimum atomic E-state index is -0.492. The Morgan fingerprint density at radius 2 is 1.71 bits per heavy atom. The standard InChI is InChI=1S/C26H27FN6O2/c1-30-23-22(24(34)29-26(30)35)33(13-7-10-19-8-3-2-4-9-19)25(28-23)32-16-14-31(15-17-32)18-20-11-5-6-12-21(20)27/h2-12H,13-18H2,1H3,(H,29,34,35)/b10-7+. The normalized spacial score (nSPS) is 14.9. The van der Waals surface area contributed by atoms with E-state index in [1.54, 1.807) is 13.1 Å². The van der Waals surface area contributed by atoms with E-state index in [0.29, 0.717) is 48.9 Å². The lowest BCUT2D eigenvalue weighted by Gasteiger charge is -2.35. The summed E-state index contributed by atoms with van der Waals surface area (Å²) in [6.45, 7) is 3.78. The molecule has 0 saturated carbocycles. The zero-order valence-electron chi connectivity index (χ0n) is 19.5. The van der Waals surface area contributed by atoms with Crippen LogP contribution in [-0.4, -0.2) is 50.2 Å². The van der Waals surface area contributed by atoms with Gasteiger partial charge in [-0.3, -0.25) is 19.2 Å². The quantitative estimate of drug-likeness (QED) is 0.465. The van der Waals surface area contributed by atoms with Gasteiger partial charge in [0.1, 0.15) is 5.82 Å². The molecule has 0 aliphatic carbocycles. The predicted octanol–water partition coefficient (Wildman–Crippen LogP) is 2.60. The van der Waals surface area contributed by atoms with Crippen molar-refractivity contribution in [3.05, 3.63) is 98.5 Å². The SMILES string of the molecule is Cn1c(=O)[nH]c(=O)c2c1nc(N1CCN(Cc3ccccc3F)CC1)n2C/C=C/c1ccccc1. The van der Waals surface area contributed by atoms with Gasteiger partial charge in [-0.2, -0.15) is 4.98 Å². The molecule has 0 spiro atoms. The largest absolute Gasteiger partial charge is 0.340 e. The zero-order valence-corrected chi connectivity index (χ0v) is 19.5. The highest BCUT2D eigenvalue weighted by Gasteiger charge is 2.25. The smallest absolute Gasteiger partial charge is 0.329 e. The van der Waals surface area contributed by atoms with Gasteiger partial charge in [-0.1, -0.05) is 60.7 Å². The number of fused-ring (bicyclic) bond motifs is 1. The maximum atomic E-state index is 14.1. The van der Waals surface area contributed by atoms with Crippen molar-refractivity contribution in [2.75, 3.05) is 31.1 Å². The molecule has 35 heavy (non-hydrogen) atoms. The number of anilines is 1. The van der Waals surface area contributed by atoms with Crippen LogP contribution in [0, 0.1) is 5.82 Å². The first-order valence-electron chi connectivity index (χ1n) is 11.6. The molecule has 1 saturated heterocycles. The predicted molar refractivity (Wildman–Crippen MR) is 135 cm³/mol. The van der Waals surface area contributed by atoms with Gasteiger partial charge in [0, 0.05) is 51.9 Å². The number of H-pyrrole nitrogens is 1. The molecule has 1 fully saturated rings. The van der Waals surface area contributed by atoms with Crippen LogP contribution < -0.4 is 16.1 Å². The fourth-order valence-corrected chi connectivity index (χ4v) is 4.47. The number of hydrogen-bond acceptors (Lipinski definition) is 5. The maximum absolute atomic E-state index is 14.1. The summed E-state index contributed by atoms with van der Waals surface area (Å²) in [4.78, 5) is 36.4. The van der Waals surface area contributed by atoms with E-state index in [1.165, 1.54) is 10.6 Å². The molecule has 0 bridgehead atoms. The van der Waals surface area contributed by atoms with Gasteiger partial charge < -0.3 is 9.47 Å². The molecule has 0 amide bonds. The van der Waals surface area contributed by atoms with E-state index < -0.39 is 11.2 Å². The first kappa shape index (κ1) is 22.8. The van der Waals surface area contributed by atoms with Gasteiger partial charge in [0.2, 0.25) is 5.95 Å². The molecule has 180 valence electrons. The number of piperazine rings is 1. The van der Waals surface area contributed by atoms with Crippen molar-refractivity contribution in [2.45, 2.75) is 13.1 Å². The minimum absolute atomic E-state index is 0.193. The third-order valence-corrected chi connectivity index (χ3v) is 6.39. The highest BCUT2D eigenvalue weighted by Crippen LogP contribution is 2.22. The lowest BCUT2D eigenvalue weighted by atomic mass is 10.2. The van der Waals surface area contributed by atoms with E-state index in [2.05, 4.69) is 14.8 Å². The Balaban J connectivity index is 1.42. The monoisotopic (exact) mass is 474 g/mol. The molecule has 4 aromatic rings. The van der Waals surface area contributed by atoms with E-state index in [0.717, 1.165) is 18.7 Å². The molecule has 1 aliphatic heterocycles. The summed E-state index contributed by atoms with van der Waals surface area (Å²) < 4.78 is 17.3. The van der Waals surface area contributed by atoms with Gasteiger partial charge in [-0.15, -0.1) is 0 Å². The zero-order chi connectivity index (χ0) is 24.4. The van der Waals surface area contributed by atoms with Crippen LogP contribution in [0.5, 0.6) is 0 Å². The van der Waals surface area contributed by atoms with E-state index in [4.69, 9.17) is 4.98 Å². The molecular weight excluding hydrogens is 447 g/mol. The van der Waals surface area contributed by atoms with Crippen LogP contribution in [-0.2, 0) is 20.1 Å². The van der Waals surface area contributed by atoms with Gasteiger partial charge in [0.15, 0.2) is 11.2 Å². The molecular formula is C26H27FN6O2. The number of benzene rings is 2. The number of nitrogens with zero attached hydrogens (tertiary/aromatic N) is 5. The van der Waals surface area contributed by atoms with E-state index in [-0.39, 0.29) is 5.82 Å². The Labute approximate surface area is 201 Å². The second-order valence-corrected chi connectivity index (χ2v) is 8.68. The van der Waals surface area contributed by atoms with Crippen molar-refractivity contribution in [1.82, 2.24) is 24.0 Å². The number of imidazole rings is 1. The average molecular weight is 475 g/mol. The number of allylic oxidation sites excluding steroid dienone is 1. The van der Waals surface area contributed by atoms with Crippen molar-refractivity contribution in [1.29, 1.82) is 0 Å². The fraction of sp³-hybridized carbons (Fsp3) is 0.269. The second-order valence-electron chi connectivity index (χ2n) is 8.68. The summed E-state index contributed by atoms with van der Waals surface area (Å²) in [6, 6.07) is 16.8. The number of nitrogens with one attached hydrogen (secondary N) is 1. The van der Waals surface area contributed by atoms with Gasteiger partial charge in [-0.05, 0) is 11.6 Å². The van der Waals surface area contributed by atoms with Gasteiger partial charge in [0.05, 0.1) is 0 Å². The highest BCUT2D eigenvalue weighted by atomic mass is 19.1. The van der Waals surface area contributed by atoms with Crippen LogP contribution in [0.1, 0.15) is 11.1 Å².